The number of nitrogens with two attached hydrogens (primary N) is 3. The van der Waals surface area contributed by atoms with Crippen LogP contribution in [-0.4, -0.2) is 88.6 Å². The minimum Gasteiger partial charge on any atom is -0.370 e. The number of rotatable bonds is 22. The van der Waals surface area contributed by atoms with Gasteiger partial charge < -0.3 is 48.8 Å². The molecule has 3 aromatic rings. The Labute approximate surface area is 328 Å². The van der Waals surface area contributed by atoms with Crippen LogP contribution in [0.5, 0.6) is 0 Å². The number of hydrogen-bond donors (Lipinski definition) is 9. The fourth-order valence-corrected chi connectivity index (χ4v) is 5.70. The van der Waals surface area contributed by atoms with Crippen molar-refractivity contribution in [2.75, 3.05) is 13.1 Å². The number of H-pyrrole nitrogens is 1. The number of halogens is 2. The zero-order valence-corrected chi connectivity index (χ0v) is 31.8. The second kappa shape index (κ2) is 22.5. The Morgan fingerprint density at radius 1 is 0.764 bits per heavy atom. The molecule has 0 saturated carbocycles. The van der Waals surface area contributed by atoms with Gasteiger partial charge in [-0.2, -0.15) is 0 Å². The van der Waals surface area contributed by atoms with E-state index < -0.39 is 60.2 Å². The van der Waals surface area contributed by atoms with E-state index in [4.69, 9.17) is 40.4 Å². The maximum absolute atomic E-state index is 14.1. The molecule has 0 aliphatic rings. The molecule has 17 nitrogen and oxygen atoms in total. The van der Waals surface area contributed by atoms with Crippen molar-refractivity contribution in [1.82, 2.24) is 36.6 Å². The van der Waals surface area contributed by atoms with Crippen molar-refractivity contribution in [1.29, 1.82) is 0 Å². The molecule has 1 aromatic heterocycles. The number of imidazole rings is 1. The molecule has 0 unspecified atom stereocenters. The van der Waals surface area contributed by atoms with Crippen LogP contribution in [0, 0.1) is 0 Å². The Hall–Kier alpha value is -5.68. The first-order valence-electron chi connectivity index (χ1n) is 17.5. The lowest BCUT2D eigenvalue weighted by atomic mass is 10.0. The number of nitrogens with zero attached hydrogens (tertiary/aromatic N) is 2. The van der Waals surface area contributed by atoms with E-state index in [2.05, 4.69) is 41.5 Å². The molecule has 1 heterocycles. The summed E-state index contributed by atoms with van der Waals surface area (Å²) >= 11 is 12.3. The van der Waals surface area contributed by atoms with Gasteiger partial charge in [-0.3, -0.25) is 33.8 Å². The number of primary amides is 1. The van der Waals surface area contributed by atoms with Crippen molar-refractivity contribution in [3.63, 3.8) is 0 Å². The third kappa shape index (κ3) is 15.7. The molecule has 4 atom stereocenters. The van der Waals surface area contributed by atoms with Gasteiger partial charge in [0.1, 0.15) is 24.2 Å². The summed E-state index contributed by atoms with van der Waals surface area (Å²) in [6, 6.07) is 8.76. The highest BCUT2D eigenvalue weighted by molar-refractivity contribution is 6.42. The lowest BCUT2D eigenvalue weighted by Gasteiger charge is -2.27. The van der Waals surface area contributed by atoms with Gasteiger partial charge in [-0.1, -0.05) is 66.5 Å². The monoisotopic (exact) mass is 799 g/mol. The number of aromatic amines is 1. The highest BCUT2D eigenvalue weighted by Gasteiger charge is 2.32. The van der Waals surface area contributed by atoms with E-state index >= 15 is 0 Å². The first kappa shape index (κ1) is 43.7. The van der Waals surface area contributed by atoms with Crippen LogP contribution in [0.25, 0.3) is 0 Å². The first-order valence-corrected chi connectivity index (χ1v) is 18.3. The van der Waals surface area contributed by atoms with Gasteiger partial charge >= 0.3 is 0 Å². The number of carbonyl (C=O) groups excluding carboxylic acids is 6. The molecular formula is C36H47Cl2N11O6. The third-order valence-electron chi connectivity index (χ3n) is 8.10. The van der Waals surface area contributed by atoms with Crippen LogP contribution < -0.4 is 43.8 Å². The second-order valence-corrected chi connectivity index (χ2v) is 13.4. The van der Waals surface area contributed by atoms with Gasteiger partial charge in [-0.05, 0) is 42.5 Å². The van der Waals surface area contributed by atoms with Crippen molar-refractivity contribution in [3.8, 4) is 0 Å². The van der Waals surface area contributed by atoms with Gasteiger partial charge in [0.15, 0.2) is 5.96 Å². The van der Waals surface area contributed by atoms with Crippen molar-refractivity contribution < 1.29 is 28.8 Å². The van der Waals surface area contributed by atoms with Crippen molar-refractivity contribution >= 4 is 64.6 Å². The van der Waals surface area contributed by atoms with Crippen LogP contribution in [0.1, 0.15) is 49.4 Å². The molecule has 6 amide bonds. The van der Waals surface area contributed by atoms with Crippen molar-refractivity contribution in [3.05, 3.63) is 87.9 Å². The highest BCUT2D eigenvalue weighted by atomic mass is 35.5. The molecule has 0 aliphatic carbocycles. The number of aliphatic imine (C=N–C) groups is 1. The topological polar surface area (TPSA) is 282 Å². The predicted octanol–water partition coefficient (Wildman–Crippen LogP) is 0.139. The number of aromatic nitrogens is 2. The zero-order chi connectivity index (χ0) is 40.3. The van der Waals surface area contributed by atoms with Gasteiger partial charge in [0.05, 0.1) is 22.9 Å². The number of hydrogen-bond acceptors (Lipinski definition) is 8. The van der Waals surface area contributed by atoms with Crippen LogP contribution in [0.3, 0.4) is 0 Å². The highest BCUT2D eigenvalue weighted by Crippen LogP contribution is 2.23. The fourth-order valence-electron chi connectivity index (χ4n) is 5.38. The van der Waals surface area contributed by atoms with Crippen LogP contribution in [0.4, 0.5) is 0 Å². The molecule has 0 saturated heterocycles. The Morgan fingerprint density at radius 2 is 1.38 bits per heavy atom. The van der Waals surface area contributed by atoms with E-state index in [0.717, 1.165) is 0 Å². The fraction of sp³-hybridized carbons (Fsp3) is 0.389. The molecule has 0 aliphatic heterocycles. The molecule has 0 spiro atoms. The molecule has 19 heteroatoms. The molecule has 2 aromatic carbocycles. The molecule has 0 bridgehead atoms. The number of benzene rings is 2. The predicted molar refractivity (Wildman–Crippen MR) is 207 cm³/mol. The van der Waals surface area contributed by atoms with Gasteiger partial charge in [0, 0.05) is 44.1 Å². The SMILES string of the molecule is CCCC(=O)N[C@@H](Cc1cnc[nH]1)C(=O)N[C@H](Cc1ccccc1)C(=O)N[C@@H](CCCN=C(N)N)C(=O)N[C@@H](Cc1ccc(Cl)c(Cl)c1)C(=O)NCC(N)=O. The summed E-state index contributed by atoms with van der Waals surface area (Å²) < 4.78 is 0. The van der Waals surface area contributed by atoms with Crippen LogP contribution in [-0.2, 0) is 48.0 Å². The van der Waals surface area contributed by atoms with Crippen LogP contribution >= 0.6 is 23.2 Å². The molecule has 55 heavy (non-hydrogen) atoms. The van der Waals surface area contributed by atoms with E-state index in [1.165, 1.54) is 24.7 Å². The Balaban J connectivity index is 1.91. The summed E-state index contributed by atoms with van der Waals surface area (Å²) in [4.78, 5) is 90.0. The summed E-state index contributed by atoms with van der Waals surface area (Å²) in [6.07, 6.45) is 3.96. The van der Waals surface area contributed by atoms with Crippen molar-refractivity contribution in [2.24, 2.45) is 22.2 Å². The second-order valence-electron chi connectivity index (χ2n) is 12.6. The molecule has 3 rings (SSSR count). The summed E-state index contributed by atoms with van der Waals surface area (Å²) in [5, 5.41) is 13.8. The summed E-state index contributed by atoms with van der Waals surface area (Å²) in [6.45, 7) is 1.45. The largest absolute Gasteiger partial charge is 0.370 e. The maximum Gasteiger partial charge on any atom is 0.243 e. The maximum atomic E-state index is 14.1. The van der Waals surface area contributed by atoms with Gasteiger partial charge in [-0.25, -0.2) is 4.98 Å². The van der Waals surface area contributed by atoms with E-state index in [0.29, 0.717) is 23.2 Å². The zero-order valence-electron chi connectivity index (χ0n) is 30.3. The Kier molecular flexibility index (Phi) is 17.9. The van der Waals surface area contributed by atoms with E-state index in [9.17, 15) is 28.8 Å². The lowest BCUT2D eigenvalue weighted by molar-refractivity contribution is -0.134. The van der Waals surface area contributed by atoms with Gasteiger partial charge in [-0.15, -0.1) is 0 Å². The molecule has 296 valence electrons. The summed E-state index contributed by atoms with van der Waals surface area (Å²) in [5.41, 5.74) is 18.0. The van der Waals surface area contributed by atoms with E-state index in [-0.39, 0.29) is 67.0 Å². The van der Waals surface area contributed by atoms with Crippen molar-refractivity contribution in [2.45, 2.75) is 76.0 Å². The molecule has 12 N–H and O–H groups in total. The normalized spacial score (nSPS) is 12.9. The summed E-state index contributed by atoms with van der Waals surface area (Å²) in [7, 11) is 0. The van der Waals surface area contributed by atoms with Crippen LogP contribution in [0.15, 0.2) is 66.0 Å². The Bertz CT molecular complexity index is 1790. The average molecular weight is 801 g/mol. The molecule has 0 fully saturated rings. The number of carbonyl (C=O) groups is 6. The summed E-state index contributed by atoms with van der Waals surface area (Å²) in [5.74, 6) is -4.17. The quantitative estimate of drug-likeness (QED) is 0.0379. The van der Waals surface area contributed by atoms with Crippen LogP contribution in [0.2, 0.25) is 10.0 Å². The standard InChI is InChI=1S/C36H47Cl2N11O6/c1-2-7-31(51)46-29(17-23-18-42-20-45-23)35(55)49-28(15-21-8-4-3-5-9-21)34(54)47-26(10-6-13-43-36(40)41)33(53)48-27(32(52)44-19-30(39)50)16-22-11-12-24(37)25(38)14-22/h3-5,8-9,11-12,14,18,20,26-29H,2,6-7,10,13,15-17,19H2,1H3,(H2,39,50)(H,42,45)(H,44,52)(H,46,51)(H,47,54)(H,48,53)(H,49,55)(H4,40,41,43)/t26-,27-,28+,29-/m0/s1. The van der Waals surface area contributed by atoms with E-state index in [1.54, 1.807) is 36.4 Å². The number of amides is 6. The Morgan fingerprint density at radius 3 is 1.98 bits per heavy atom. The molecular weight excluding hydrogens is 753 g/mol. The first-order chi connectivity index (χ1) is 26.2. The van der Waals surface area contributed by atoms with E-state index in [1.807, 2.05) is 6.92 Å². The minimum atomic E-state index is -1.26. The lowest BCUT2D eigenvalue weighted by Crippen LogP contribution is -2.59. The molecule has 0 radical (unpaired) electrons. The smallest absolute Gasteiger partial charge is 0.243 e. The van der Waals surface area contributed by atoms with Gasteiger partial charge in [0.25, 0.3) is 0 Å². The van der Waals surface area contributed by atoms with Gasteiger partial charge in [0.2, 0.25) is 35.4 Å². The third-order valence-corrected chi connectivity index (χ3v) is 8.83. The number of nitrogens with one attached hydrogen (secondary N) is 6. The minimum absolute atomic E-state index is 0.0122. The average Bonchev–Trinajstić information content (AvgIpc) is 3.66. The number of guanidine groups is 1.